The van der Waals surface area contributed by atoms with Crippen LogP contribution in [-0.4, -0.2) is 17.4 Å². The highest BCUT2D eigenvalue weighted by molar-refractivity contribution is 9.10. The number of hydrogen-bond acceptors (Lipinski definition) is 2. The van der Waals surface area contributed by atoms with Crippen molar-refractivity contribution < 1.29 is 4.79 Å². The molecule has 88 valence electrons. The van der Waals surface area contributed by atoms with Crippen LogP contribution in [-0.2, 0) is 0 Å². The predicted octanol–water partition coefficient (Wildman–Crippen LogP) is 3.01. The third-order valence-electron chi connectivity index (χ3n) is 2.12. The highest BCUT2D eigenvalue weighted by Gasteiger charge is 2.11. The molecule has 1 heterocycles. The second-order valence-electron chi connectivity index (χ2n) is 4.93. The standard InChI is InChI=1S/C12H17BrN2O/c1-12(2,3)6-7-14-11(16)10-5-4-9(13)8-15-10/h4-5,8H,6-7H2,1-3H3,(H,14,16). The average Bonchev–Trinajstić information content (AvgIpc) is 2.16. The maximum atomic E-state index is 11.7. The fourth-order valence-corrected chi connectivity index (χ4v) is 1.39. The molecule has 0 saturated heterocycles. The van der Waals surface area contributed by atoms with Gasteiger partial charge in [0.25, 0.3) is 5.91 Å². The topological polar surface area (TPSA) is 42.0 Å². The van der Waals surface area contributed by atoms with Crippen molar-refractivity contribution in [2.45, 2.75) is 27.2 Å². The van der Waals surface area contributed by atoms with E-state index < -0.39 is 0 Å². The fourth-order valence-electron chi connectivity index (χ4n) is 1.15. The summed E-state index contributed by atoms with van der Waals surface area (Å²) in [6, 6.07) is 3.52. The Hall–Kier alpha value is -0.900. The van der Waals surface area contributed by atoms with E-state index >= 15 is 0 Å². The highest BCUT2D eigenvalue weighted by atomic mass is 79.9. The van der Waals surface area contributed by atoms with Gasteiger partial charge in [0.05, 0.1) is 0 Å². The van der Waals surface area contributed by atoms with Gasteiger partial charge in [0.2, 0.25) is 0 Å². The van der Waals surface area contributed by atoms with Gasteiger partial charge >= 0.3 is 0 Å². The van der Waals surface area contributed by atoms with Crippen LogP contribution in [0, 0.1) is 5.41 Å². The molecule has 0 bridgehead atoms. The minimum absolute atomic E-state index is 0.114. The number of carbonyl (C=O) groups is 1. The van der Waals surface area contributed by atoms with Crippen LogP contribution in [0.15, 0.2) is 22.8 Å². The van der Waals surface area contributed by atoms with Gasteiger partial charge in [-0.1, -0.05) is 20.8 Å². The zero-order valence-electron chi connectivity index (χ0n) is 9.88. The highest BCUT2D eigenvalue weighted by Crippen LogP contribution is 2.17. The zero-order chi connectivity index (χ0) is 12.2. The van der Waals surface area contributed by atoms with E-state index in [9.17, 15) is 4.79 Å². The molecule has 0 aliphatic carbocycles. The van der Waals surface area contributed by atoms with Gasteiger partial charge in [0, 0.05) is 17.2 Å². The van der Waals surface area contributed by atoms with Gasteiger partial charge in [-0.15, -0.1) is 0 Å². The minimum atomic E-state index is -0.114. The molecular weight excluding hydrogens is 268 g/mol. The van der Waals surface area contributed by atoms with Crippen molar-refractivity contribution in [3.63, 3.8) is 0 Å². The molecule has 0 atom stereocenters. The van der Waals surface area contributed by atoms with E-state index in [1.807, 2.05) is 6.07 Å². The second kappa shape index (κ2) is 5.43. The van der Waals surface area contributed by atoms with Crippen LogP contribution in [0.25, 0.3) is 0 Å². The number of rotatable bonds is 3. The summed E-state index contributed by atoms with van der Waals surface area (Å²) in [7, 11) is 0. The van der Waals surface area contributed by atoms with Crippen molar-refractivity contribution in [3.8, 4) is 0 Å². The first kappa shape index (κ1) is 13.2. The lowest BCUT2D eigenvalue weighted by atomic mass is 9.92. The van der Waals surface area contributed by atoms with Gasteiger partial charge in [-0.05, 0) is 39.9 Å². The maximum Gasteiger partial charge on any atom is 0.269 e. The Morgan fingerprint density at radius 2 is 2.12 bits per heavy atom. The maximum absolute atomic E-state index is 11.7. The SMILES string of the molecule is CC(C)(C)CCNC(=O)c1ccc(Br)cn1. The number of nitrogens with one attached hydrogen (secondary N) is 1. The van der Waals surface area contributed by atoms with Crippen LogP contribution in [0.5, 0.6) is 0 Å². The van der Waals surface area contributed by atoms with Gasteiger partial charge in [-0.3, -0.25) is 4.79 Å². The first-order valence-corrected chi connectivity index (χ1v) is 6.07. The summed E-state index contributed by atoms with van der Waals surface area (Å²) in [5.41, 5.74) is 0.692. The van der Waals surface area contributed by atoms with Crippen LogP contribution in [0.2, 0.25) is 0 Å². The van der Waals surface area contributed by atoms with E-state index in [1.54, 1.807) is 12.3 Å². The molecule has 1 aromatic heterocycles. The van der Waals surface area contributed by atoms with Gasteiger partial charge in [0.15, 0.2) is 0 Å². The summed E-state index contributed by atoms with van der Waals surface area (Å²) in [5, 5.41) is 2.86. The number of nitrogens with zero attached hydrogens (tertiary/aromatic N) is 1. The molecule has 0 radical (unpaired) electrons. The minimum Gasteiger partial charge on any atom is -0.351 e. The normalized spacial score (nSPS) is 11.2. The third kappa shape index (κ3) is 4.75. The van der Waals surface area contributed by atoms with E-state index in [0.29, 0.717) is 12.2 Å². The molecule has 1 amide bonds. The summed E-state index contributed by atoms with van der Waals surface area (Å²) in [6.07, 6.45) is 2.58. The van der Waals surface area contributed by atoms with Crippen molar-refractivity contribution in [2.24, 2.45) is 5.41 Å². The van der Waals surface area contributed by atoms with Crippen LogP contribution in [0.1, 0.15) is 37.7 Å². The molecule has 0 aromatic carbocycles. The van der Waals surface area contributed by atoms with Gasteiger partial charge in [0.1, 0.15) is 5.69 Å². The molecule has 0 aliphatic heterocycles. The Labute approximate surface area is 105 Å². The number of pyridine rings is 1. The van der Waals surface area contributed by atoms with Crippen molar-refractivity contribution in [2.75, 3.05) is 6.54 Å². The van der Waals surface area contributed by atoms with Crippen LogP contribution >= 0.6 is 15.9 Å². The van der Waals surface area contributed by atoms with Crippen molar-refractivity contribution in [3.05, 3.63) is 28.5 Å². The zero-order valence-corrected chi connectivity index (χ0v) is 11.5. The molecule has 1 aromatic rings. The lowest BCUT2D eigenvalue weighted by Crippen LogP contribution is -2.27. The quantitative estimate of drug-likeness (QED) is 0.927. The fraction of sp³-hybridized carbons (Fsp3) is 0.500. The van der Waals surface area contributed by atoms with Crippen molar-refractivity contribution >= 4 is 21.8 Å². The predicted molar refractivity (Wildman–Crippen MR) is 68.3 cm³/mol. The van der Waals surface area contributed by atoms with E-state index in [1.165, 1.54) is 0 Å². The van der Waals surface area contributed by atoms with E-state index in [0.717, 1.165) is 10.9 Å². The third-order valence-corrected chi connectivity index (χ3v) is 2.59. The molecule has 1 rings (SSSR count). The van der Waals surface area contributed by atoms with Crippen LogP contribution < -0.4 is 5.32 Å². The summed E-state index contributed by atoms with van der Waals surface area (Å²) >= 11 is 3.28. The molecule has 0 fully saturated rings. The molecule has 0 unspecified atom stereocenters. The van der Waals surface area contributed by atoms with Crippen molar-refractivity contribution in [1.82, 2.24) is 10.3 Å². The first-order chi connectivity index (χ1) is 7.38. The molecule has 1 N–H and O–H groups in total. The number of amides is 1. The van der Waals surface area contributed by atoms with Gasteiger partial charge in [-0.25, -0.2) is 4.98 Å². The van der Waals surface area contributed by atoms with E-state index in [4.69, 9.17) is 0 Å². The number of aromatic nitrogens is 1. The number of hydrogen-bond donors (Lipinski definition) is 1. The summed E-state index contributed by atoms with van der Waals surface area (Å²) in [5.74, 6) is -0.114. The lowest BCUT2D eigenvalue weighted by molar-refractivity contribution is 0.0944. The Balaban J connectivity index is 2.44. The largest absolute Gasteiger partial charge is 0.351 e. The van der Waals surface area contributed by atoms with E-state index in [2.05, 4.69) is 47.0 Å². The van der Waals surface area contributed by atoms with Crippen molar-refractivity contribution in [1.29, 1.82) is 0 Å². The van der Waals surface area contributed by atoms with E-state index in [-0.39, 0.29) is 11.3 Å². The Morgan fingerprint density at radius 3 is 2.62 bits per heavy atom. The molecule has 16 heavy (non-hydrogen) atoms. The molecule has 3 nitrogen and oxygen atoms in total. The molecule has 0 spiro atoms. The smallest absolute Gasteiger partial charge is 0.269 e. The Kier molecular flexibility index (Phi) is 4.47. The van der Waals surface area contributed by atoms with Gasteiger partial charge in [-0.2, -0.15) is 0 Å². The first-order valence-electron chi connectivity index (χ1n) is 5.28. The summed E-state index contributed by atoms with van der Waals surface area (Å²) < 4.78 is 0.874. The molecular formula is C12H17BrN2O. The van der Waals surface area contributed by atoms with Crippen LogP contribution in [0.4, 0.5) is 0 Å². The number of halogens is 1. The Morgan fingerprint density at radius 1 is 1.44 bits per heavy atom. The molecule has 0 aliphatic rings. The number of carbonyl (C=O) groups excluding carboxylic acids is 1. The lowest BCUT2D eigenvalue weighted by Gasteiger charge is -2.17. The second-order valence-corrected chi connectivity index (χ2v) is 5.84. The van der Waals surface area contributed by atoms with Crippen LogP contribution in [0.3, 0.4) is 0 Å². The average molecular weight is 285 g/mol. The Bertz CT molecular complexity index is 354. The summed E-state index contributed by atoms with van der Waals surface area (Å²) in [6.45, 7) is 7.13. The van der Waals surface area contributed by atoms with Gasteiger partial charge < -0.3 is 5.32 Å². The molecule has 4 heteroatoms. The monoisotopic (exact) mass is 284 g/mol. The summed E-state index contributed by atoms with van der Waals surface area (Å²) in [4.78, 5) is 15.7. The molecule has 0 saturated carbocycles.